The summed E-state index contributed by atoms with van der Waals surface area (Å²) < 4.78 is 0. The number of carbonyl (C=O) groups is 1. The molecule has 1 aromatic rings. The molecule has 0 heterocycles. The molecule has 1 fully saturated rings. The summed E-state index contributed by atoms with van der Waals surface area (Å²) in [4.78, 5) is 22.3. The molecule has 114 valence electrons. The molecule has 0 aliphatic heterocycles. The van der Waals surface area contributed by atoms with Crippen molar-refractivity contribution in [3.05, 3.63) is 39.9 Å². The molecule has 5 nitrogen and oxygen atoms in total. The third kappa shape index (κ3) is 5.04. The molecule has 0 aromatic heterocycles. The quantitative estimate of drug-likeness (QED) is 0.477. The Balaban J connectivity index is 1.73. The summed E-state index contributed by atoms with van der Waals surface area (Å²) in [6.07, 6.45) is 5.28. The van der Waals surface area contributed by atoms with Gasteiger partial charge in [0.15, 0.2) is 0 Å². The van der Waals surface area contributed by atoms with Crippen LogP contribution in [0.4, 0.5) is 5.69 Å². The van der Waals surface area contributed by atoms with Crippen molar-refractivity contribution in [3.63, 3.8) is 0 Å². The van der Waals surface area contributed by atoms with Gasteiger partial charge < -0.3 is 5.32 Å². The van der Waals surface area contributed by atoms with E-state index in [9.17, 15) is 14.9 Å². The van der Waals surface area contributed by atoms with E-state index in [1.807, 2.05) is 11.8 Å². The molecule has 0 atom stereocenters. The lowest BCUT2D eigenvalue weighted by Crippen LogP contribution is -2.27. The van der Waals surface area contributed by atoms with Gasteiger partial charge in [-0.3, -0.25) is 14.9 Å². The lowest BCUT2D eigenvalue weighted by molar-refractivity contribution is -0.385. The lowest BCUT2D eigenvalue weighted by Gasteiger charge is -2.09. The molecular formula is C15H20N2O3S. The summed E-state index contributed by atoms with van der Waals surface area (Å²) in [7, 11) is 0. The number of nitrogens with one attached hydrogen (secondary N) is 1. The van der Waals surface area contributed by atoms with E-state index in [1.54, 1.807) is 18.2 Å². The molecule has 2 rings (SSSR count). The second-order valence-electron chi connectivity index (χ2n) is 5.19. The van der Waals surface area contributed by atoms with E-state index >= 15 is 0 Å². The second kappa shape index (κ2) is 8.02. The Morgan fingerprint density at radius 2 is 2.05 bits per heavy atom. The summed E-state index contributed by atoms with van der Waals surface area (Å²) in [6.45, 7) is 0.626. The molecule has 1 aliphatic rings. The number of carbonyl (C=O) groups excluding carboxylic acids is 1. The molecule has 1 N–H and O–H groups in total. The average Bonchev–Trinajstić information content (AvgIpc) is 2.97. The molecule has 1 aliphatic carbocycles. The molecule has 0 bridgehead atoms. The number of rotatable bonds is 7. The van der Waals surface area contributed by atoms with Gasteiger partial charge in [0.2, 0.25) is 5.91 Å². The highest BCUT2D eigenvalue weighted by atomic mass is 32.2. The van der Waals surface area contributed by atoms with Crippen molar-refractivity contribution >= 4 is 23.4 Å². The fourth-order valence-electron chi connectivity index (χ4n) is 2.54. The summed E-state index contributed by atoms with van der Waals surface area (Å²) >= 11 is 1.92. The molecular weight excluding hydrogens is 288 g/mol. The van der Waals surface area contributed by atoms with Crippen molar-refractivity contribution in [2.75, 3.05) is 12.3 Å². The van der Waals surface area contributed by atoms with E-state index in [1.165, 1.54) is 31.7 Å². The standard InChI is InChI=1S/C15H20N2O3S/c18-15(16-9-10-21-13-6-2-3-7-13)11-12-5-1-4-8-14(12)17(19)20/h1,4-5,8,13H,2-3,6-7,9-11H2,(H,16,18). The summed E-state index contributed by atoms with van der Waals surface area (Å²) in [5, 5.41) is 14.5. The minimum absolute atomic E-state index is 0.00739. The van der Waals surface area contributed by atoms with Crippen molar-refractivity contribution < 1.29 is 9.72 Å². The van der Waals surface area contributed by atoms with Crippen molar-refractivity contribution in [1.29, 1.82) is 0 Å². The first-order valence-corrected chi connectivity index (χ1v) is 8.32. The number of thioether (sulfide) groups is 1. The molecule has 0 radical (unpaired) electrons. The number of amides is 1. The van der Waals surface area contributed by atoms with Crippen molar-refractivity contribution in [2.45, 2.75) is 37.4 Å². The van der Waals surface area contributed by atoms with Crippen molar-refractivity contribution in [2.24, 2.45) is 0 Å². The summed E-state index contributed by atoms with van der Waals surface area (Å²) in [5.74, 6) is 0.754. The monoisotopic (exact) mass is 308 g/mol. The number of nitro groups is 1. The number of hydrogen-bond donors (Lipinski definition) is 1. The van der Waals surface area contributed by atoms with Gasteiger partial charge in [-0.1, -0.05) is 31.0 Å². The fourth-order valence-corrected chi connectivity index (χ4v) is 3.76. The molecule has 0 spiro atoms. The van der Waals surface area contributed by atoms with Gasteiger partial charge in [0, 0.05) is 29.2 Å². The zero-order valence-electron chi connectivity index (χ0n) is 11.9. The highest BCUT2D eigenvalue weighted by molar-refractivity contribution is 7.99. The zero-order valence-corrected chi connectivity index (χ0v) is 12.7. The third-order valence-corrected chi connectivity index (χ3v) is 5.00. The van der Waals surface area contributed by atoms with Crippen LogP contribution < -0.4 is 5.32 Å². The predicted molar refractivity (Wildman–Crippen MR) is 84.5 cm³/mol. The highest BCUT2D eigenvalue weighted by Crippen LogP contribution is 2.28. The summed E-state index contributed by atoms with van der Waals surface area (Å²) in [6, 6.07) is 6.38. The van der Waals surface area contributed by atoms with Gasteiger partial charge >= 0.3 is 0 Å². The molecule has 0 unspecified atom stereocenters. The van der Waals surface area contributed by atoms with Crippen LogP contribution in [-0.4, -0.2) is 28.4 Å². The number of para-hydroxylation sites is 1. The van der Waals surface area contributed by atoms with Gasteiger partial charge in [-0.05, 0) is 12.8 Å². The number of nitrogens with zero attached hydrogens (tertiary/aromatic N) is 1. The Kier molecular flexibility index (Phi) is 6.04. The van der Waals surface area contributed by atoms with Crippen LogP contribution >= 0.6 is 11.8 Å². The number of benzene rings is 1. The van der Waals surface area contributed by atoms with Gasteiger partial charge in [-0.15, -0.1) is 0 Å². The van der Waals surface area contributed by atoms with Crippen LogP contribution in [0.25, 0.3) is 0 Å². The van der Waals surface area contributed by atoms with Crippen molar-refractivity contribution in [1.82, 2.24) is 5.32 Å². The molecule has 0 saturated heterocycles. The third-order valence-electron chi connectivity index (χ3n) is 3.62. The second-order valence-corrected chi connectivity index (χ2v) is 6.60. The Labute approximate surface area is 128 Å². The maximum Gasteiger partial charge on any atom is 0.273 e. The van der Waals surface area contributed by atoms with Crippen LogP contribution in [0.3, 0.4) is 0 Å². The van der Waals surface area contributed by atoms with E-state index in [-0.39, 0.29) is 18.0 Å². The molecule has 6 heteroatoms. The van der Waals surface area contributed by atoms with E-state index < -0.39 is 4.92 Å². The van der Waals surface area contributed by atoms with Gasteiger partial charge in [0.05, 0.1) is 11.3 Å². The minimum Gasteiger partial charge on any atom is -0.355 e. The van der Waals surface area contributed by atoms with Gasteiger partial charge in [-0.2, -0.15) is 11.8 Å². The first kappa shape index (κ1) is 15.8. The zero-order chi connectivity index (χ0) is 15.1. The van der Waals surface area contributed by atoms with Crippen LogP contribution in [0, 0.1) is 10.1 Å². The highest BCUT2D eigenvalue weighted by Gasteiger charge is 2.16. The first-order valence-electron chi connectivity index (χ1n) is 7.27. The molecule has 1 saturated carbocycles. The van der Waals surface area contributed by atoms with Crippen molar-refractivity contribution in [3.8, 4) is 0 Å². The number of nitro benzene ring substituents is 1. The van der Waals surface area contributed by atoms with Crippen LogP contribution in [0.15, 0.2) is 24.3 Å². The normalized spacial score (nSPS) is 15.0. The van der Waals surface area contributed by atoms with Crippen LogP contribution in [0.5, 0.6) is 0 Å². The van der Waals surface area contributed by atoms with Crippen LogP contribution in [-0.2, 0) is 11.2 Å². The lowest BCUT2D eigenvalue weighted by atomic mass is 10.1. The maximum atomic E-state index is 11.8. The SMILES string of the molecule is O=C(Cc1ccccc1[N+](=O)[O-])NCCSC1CCCC1. The average molecular weight is 308 g/mol. The van der Waals surface area contributed by atoms with Crippen LogP contribution in [0.2, 0.25) is 0 Å². The Morgan fingerprint density at radius 3 is 2.76 bits per heavy atom. The van der Waals surface area contributed by atoms with Gasteiger partial charge in [-0.25, -0.2) is 0 Å². The van der Waals surface area contributed by atoms with E-state index in [4.69, 9.17) is 0 Å². The first-order chi connectivity index (χ1) is 10.2. The van der Waals surface area contributed by atoms with Gasteiger partial charge in [0.1, 0.15) is 0 Å². The minimum atomic E-state index is -0.446. The van der Waals surface area contributed by atoms with E-state index in [2.05, 4.69) is 5.32 Å². The molecule has 1 aromatic carbocycles. The van der Waals surface area contributed by atoms with Crippen LogP contribution in [0.1, 0.15) is 31.2 Å². The fraction of sp³-hybridized carbons (Fsp3) is 0.533. The largest absolute Gasteiger partial charge is 0.355 e. The van der Waals surface area contributed by atoms with E-state index in [0.717, 1.165) is 11.0 Å². The maximum absolute atomic E-state index is 11.8. The topological polar surface area (TPSA) is 72.2 Å². The Bertz CT molecular complexity index is 501. The smallest absolute Gasteiger partial charge is 0.273 e. The Morgan fingerprint density at radius 1 is 1.33 bits per heavy atom. The Hall–Kier alpha value is -1.56. The van der Waals surface area contributed by atoms with E-state index in [0.29, 0.717) is 12.1 Å². The summed E-state index contributed by atoms with van der Waals surface area (Å²) in [5.41, 5.74) is 0.469. The predicted octanol–water partition coefficient (Wildman–Crippen LogP) is 2.93. The molecule has 1 amide bonds. The number of hydrogen-bond acceptors (Lipinski definition) is 4. The molecule has 21 heavy (non-hydrogen) atoms. The van der Waals surface area contributed by atoms with Gasteiger partial charge in [0.25, 0.3) is 5.69 Å².